The topological polar surface area (TPSA) is 64.7 Å². The zero-order chi connectivity index (χ0) is 18.6. The minimum absolute atomic E-state index is 0.270. The van der Waals surface area contributed by atoms with Gasteiger partial charge < -0.3 is 5.32 Å². The molecule has 0 fully saturated rings. The van der Waals surface area contributed by atoms with E-state index >= 15 is 0 Å². The zero-order valence-electron chi connectivity index (χ0n) is 13.6. The lowest BCUT2D eigenvalue weighted by atomic mass is 10.1. The molecule has 0 radical (unpaired) electrons. The first-order valence-corrected chi connectivity index (χ1v) is 7.83. The molecule has 1 amide bonds. The summed E-state index contributed by atoms with van der Waals surface area (Å²) in [6.45, 7) is 0.669. The molecule has 136 valence electrons. The second kappa shape index (κ2) is 7.42. The number of amides is 1. The molecule has 9 heteroatoms. The van der Waals surface area contributed by atoms with Gasteiger partial charge >= 0.3 is 6.18 Å². The van der Waals surface area contributed by atoms with Crippen LogP contribution in [0.25, 0.3) is 0 Å². The van der Waals surface area contributed by atoms with E-state index in [2.05, 4.69) is 15.5 Å². The molecule has 3 rings (SSSR count). The Labute approximate surface area is 147 Å². The molecule has 0 unspecified atom stereocenters. The van der Waals surface area contributed by atoms with E-state index in [9.17, 15) is 18.0 Å². The number of carbonyl (C=O) groups excluding carboxylic acids is 1. The number of carbonyl (C=O) groups is 1. The minimum Gasteiger partial charge on any atom is -0.350 e. The molecule has 3 aromatic rings. The quantitative estimate of drug-likeness (QED) is 0.732. The van der Waals surface area contributed by atoms with Crippen LogP contribution in [0.1, 0.15) is 16.8 Å². The van der Waals surface area contributed by atoms with Crippen molar-refractivity contribution in [3.05, 3.63) is 71.8 Å². The van der Waals surface area contributed by atoms with E-state index in [4.69, 9.17) is 0 Å². The van der Waals surface area contributed by atoms with E-state index < -0.39 is 17.8 Å². The fraction of sp³-hybridized carbons (Fsp3) is 0.235. The number of alkyl halides is 3. The molecule has 0 atom stereocenters. The van der Waals surface area contributed by atoms with E-state index in [1.807, 2.05) is 36.5 Å². The first-order chi connectivity index (χ1) is 12.4. The summed E-state index contributed by atoms with van der Waals surface area (Å²) in [5, 5.41) is 10.1. The molecule has 0 saturated carbocycles. The SMILES string of the molecule is O=C(Cn1ccc(C(F)(F)F)n1)NCc1ccc(Cn2cccn2)cc1. The van der Waals surface area contributed by atoms with Gasteiger partial charge in [-0.15, -0.1) is 0 Å². The van der Waals surface area contributed by atoms with Gasteiger partial charge in [-0.2, -0.15) is 23.4 Å². The van der Waals surface area contributed by atoms with Crippen LogP contribution in [0, 0.1) is 0 Å². The van der Waals surface area contributed by atoms with Crippen LogP contribution < -0.4 is 5.32 Å². The van der Waals surface area contributed by atoms with Crippen LogP contribution in [0.2, 0.25) is 0 Å². The van der Waals surface area contributed by atoms with Crippen molar-refractivity contribution in [2.45, 2.75) is 25.8 Å². The first kappa shape index (κ1) is 17.7. The Kier molecular flexibility index (Phi) is 5.06. The number of aromatic nitrogens is 4. The maximum absolute atomic E-state index is 12.5. The van der Waals surface area contributed by atoms with Gasteiger partial charge in [-0.05, 0) is 23.3 Å². The average molecular weight is 363 g/mol. The molecule has 2 aromatic heterocycles. The summed E-state index contributed by atoms with van der Waals surface area (Å²) in [6.07, 6.45) is 0.195. The molecular formula is C17H16F3N5O. The van der Waals surface area contributed by atoms with Gasteiger partial charge in [-0.3, -0.25) is 14.2 Å². The van der Waals surface area contributed by atoms with Gasteiger partial charge in [-0.1, -0.05) is 24.3 Å². The van der Waals surface area contributed by atoms with Crippen molar-refractivity contribution < 1.29 is 18.0 Å². The molecule has 26 heavy (non-hydrogen) atoms. The highest BCUT2D eigenvalue weighted by atomic mass is 19.4. The molecule has 0 spiro atoms. The molecule has 6 nitrogen and oxygen atoms in total. The molecule has 0 bridgehead atoms. The summed E-state index contributed by atoms with van der Waals surface area (Å²) in [5.41, 5.74) is 0.942. The molecule has 0 saturated heterocycles. The predicted octanol–water partition coefficient (Wildman–Crippen LogP) is 2.46. The van der Waals surface area contributed by atoms with Crippen molar-refractivity contribution in [2.75, 3.05) is 0 Å². The monoisotopic (exact) mass is 363 g/mol. The molecule has 0 aliphatic carbocycles. The number of halogens is 3. The van der Waals surface area contributed by atoms with Crippen molar-refractivity contribution in [1.29, 1.82) is 0 Å². The third-order valence-electron chi connectivity index (χ3n) is 3.65. The van der Waals surface area contributed by atoms with Gasteiger partial charge in [-0.25, -0.2) is 0 Å². The molecule has 1 aromatic carbocycles. The van der Waals surface area contributed by atoms with Crippen molar-refractivity contribution >= 4 is 5.91 Å². The molecule has 0 aliphatic heterocycles. The normalized spacial score (nSPS) is 11.5. The van der Waals surface area contributed by atoms with Crippen LogP contribution in [-0.2, 0) is 30.6 Å². The summed E-state index contributed by atoms with van der Waals surface area (Å²) >= 11 is 0. The first-order valence-electron chi connectivity index (χ1n) is 7.83. The summed E-state index contributed by atoms with van der Waals surface area (Å²) in [4.78, 5) is 11.9. The Hall–Kier alpha value is -3.10. The lowest BCUT2D eigenvalue weighted by Gasteiger charge is -2.07. The fourth-order valence-corrected chi connectivity index (χ4v) is 2.35. The zero-order valence-corrected chi connectivity index (χ0v) is 13.6. The number of rotatable bonds is 6. The number of nitrogens with zero attached hydrogens (tertiary/aromatic N) is 4. The van der Waals surface area contributed by atoms with Gasteiger partial charge in [0.15, 0.2) is 5.69 Å². The van der Waals surface area contributed by atoms with Crippen LogP contribution in [0.4, 0.5) is 13.2 Å². The van der Waals surface area contributed by atoms with Crippen molar-refractivity contribution in [3.63, 3.8) is 0 Å². The lowest BCUT2D eigenvalue weighted by Crippen LogP contribution is -2.27. The minimum atomic E-state index is -4.51. The van der Waals surface area contributed by atoms with E-state index in [0.29, 0.717) is 6.54 Å². The maximum atomic E-state index is 12.5. The van der Waals surface area contributed by atoms with E-state index in [1.165, 1.54) is 0 Å². The maximum Gasteiger partial charge on any atom is 0.435 e. The molecule has 0 aliphatic rings. The number of hydrogen-bond acceptors (Lipinski definition) is 3. The molecule has 1 N–H and O–H groups in total. The summed E-state index contributed by atoms with van der Waals surface area (Å²) < 4.78 is 40.2. The molecule has 2 heterocycles. The van der Waals surface area contributed by atoms with Crippen molar-refractivity contribution in [1.82, 2.24) is 24.9 Å². The second-order valence-electron chi connectivity index (χ2n) is 5.69. The number of nitrogens with one attached hydrogen (secondary N) is 1. The Morgan fingerprint density at radius 2 is 1.77 bits per heavy atom. The van der Waals surface area contributed by atoms with Crippen LogP contribution in [0.3, 0.4) is 0 Å². The fourth-order valence-electron chi connectivity index (χ4n) is 2.35. The Morgan fingerprint density at radius 3 is 2.38 bits per heavy atom. The summed E-state index contributed by atoms with van der Waals surface area (Å²) in [5.74, 6) is -0.414. The van der Waals surface area contributed by atoms with Crippen molar-refractivity contribution in [2.24, 2.45) is 0 Å². The number of hydrogen-bond donors (Lipinski definition) is 1. The lowest BCUT2D eigenvalue weighted by molar-refractivity contribution is -0.141. The Bertz CT molecular complexity index is 853. The van der Waals surface area contributed by atoms with Gasteiger partial charge in [0, 0.05) is 25.1 Å². The van der Waals surface area contributed by atoms with Crippen LogP contribution in [-0.4, -0.2) is 25.5 Å². The smallest absolute Gasteiger partial charge is 0.350 e. The standard InChI is InChI=1S/C17H16F3N5O/c18-17(19,20)15-6-9-25(23-15)12-16(26)21-10-13-2-4-14(5-3-13)11-24-8-1-7-22-24/h1-9H,10-12H2,(H,21,26). The largest absolute Gasteiger partial charge is 0.435 e. The summed E-state index contributed by atoms with van der Waals surface area (Å²) in [6, 6.07) is 10.3. The Morgan fingerprint density at radius 1 is 1.04 bits per heavy atom. The highest BCUT2D eigenvalue weighted by Crippen LogP contribution is 2.27. The van der Waals surface area contributed by atoms with Crippen LogP contribution in [0.5, 0.6) is 0 Å². The summed E-state index contributed by atoms with van der Waals surface area (Å²) in [7, 11) is 0. The van der Waals surface area contributed by atoms with Crippen LogP contribution >= 0.6 is 0 Å². The molecular weight excluding hydrogens is 347 g/mol. The van der Waals surface area contributed by atoms with Gasteiger partial charge in [0.2, 0.25) is 5.91 Å². The Balaban J connectivity index is 1.49. The van der Waals surface area contributed by atoms with E-state index in [1.54, 1.807) is 10.9 Å². The van der Waals surface area contributed by atoms with Gasteiger partial charge in [0.1, 0.15) is 6.54 Å². The van der Waals surface area contributed by atoms with Crippen molar-refractivity contribution in [3.8, 4) is 0 Å². The highest BCUT2D eigenvalue weighted by Gasteiger charge is 2.33. The van der Waals surface area contributed by atoms with Crippen LogP contribution in [0.15, 0.2) is 55.0 Å². The average Bonchev–Trinajstić information content (AvgIpc) is 3.26. The van der Waals surface area contributed by atoms with E-state index in [-0.39, 0.29) is 13.1 Å². The van der Waals surface area contributed by atoms with Gasteiger partial charge in [0.05, 0.1) is 6.54 Å². The second-order valence-corrected chi connectivity index (χ2v) is 5.69. The third kappa shape index (κ3) is 4.71. The van der Waals surface area contributed by atoms with Gasteiger partial charge in [0.25, 0.3) is 0 Å². The number of benzene rings is 1. The highest BCUT2D eigenvalue weighted by molar-refractivity contribution is 5.75. The van der Waals surface area contributed by atoms with E-state index in [0.717, 1.165) is 28.1 Å². The third-order valence-corrected chi connectivity index (χ3v) is 3.65. The predicted molar refractivity (Wildman–Crippen MR) is 86.8 cm³/mol.